The van der Waals surface area contributed by atoms with Crippen molar-refractivity contribution in [1.82, 2.24) is 15.1 Å². The number of fused-ring (bicyclic) bond motifs is 1. The van der Waals surface area contributed by atoms with Crippen LogP contribution in [0.1, 0.15) is 30.1 Å². The molecule has 0 saturated heterocycles. The lowest BCUT2D eigenvalue weighted by Crippen LogP contribution is -2.34. The number of hydrogen-bond acceptors (Lipinski definition) is 7. The lowest BCUT2D eigenvalue weighted by Gasteiger charge is -2.22. The molecule has 0 radical (unpaired) electrons. The van der Waals surface area contributed by atoms with Gasteiger partial charge in [-0.1, -0.05) is 40.3 Å². The molecule has 2 amide bonds. The topological polar surface area (TPSA) is 93.7 Å². The van der Waals surface area contributed by atoms with Crippen molar-refractivity contribution in [3.05, 3.63) is 52.5 Å². The molecule has 0 bridgehead atoms. The zero-order valence-electron chi connectivity index (χ0n) is 17.3. The number of nitrogens with zero attached hydrogens (tertiary/aromatic N) is 3. The zero-order valence-corrected chi connectivity index (χ0v) is 19.7. The molecule has 1 aliphatic heterocycles. The smallest absolute Gasteiger partial charge is 0.253 e. The van der Waals surface area contributed by atoms with Crippen LogP contribution in [0.25, 0.3) is 10.6 Å². The van der Waals surface area contributed by atoms with Crippen LogP contribution in [0.2, 0.25) is 0 Å². The van der Waals surface area contributed by atoms with Crippen molar-refractivity contribution in [3.63, 3.8) is 0 Å². The van der Waals surface area contributed by atoms with Crippen LogP contribution in [0.3, 0.4) is 0 Å². The first-order chi connectivity index (χ1) is 15.5. The summed E-state index contributed by atoms with van der Waals surface area (Å²) in [7, 11) is 0. The summed E-state index contributed by atoms with van der Waals surface area (Å²) in [4.78, 5) is 27.0. The predicted octanol–water partition coefficient (Wildman–Crippen LogP) is 4.58. The fourth-order valence-electron chi connectivity index (χ4n) is 3.23. The normalized spacial score (nSPS) is 11.9. The summed E-state index contributed by atoms with van der Waals surface area (Å²) in [5.41, 5.74) is 1.42. The second kappa shape index (κ2) is 10.1. The number of ether oxygens (including phenoxy) is 2. The minimum atomic E-state index is -0.221. The van der Waals surface area contributed by atoms with Crippen LogP contribution in [0.15, 0.2) is 46.9 Å². The Morgan fingerprint density at radius 3 is 2.78 bits per heavy atom. The van der Waals surface area contributed by atoms with Crippen LogP contribution in [0, 0.1) is 0 Å². The summed E-state index contributed by atoms with van der Waals surface area (Å²) in [5, 5.41) is 12.1. The van der Waals surface area contributed by atoms with Gasteiger partial charge in [0.2, 0.25) is 17.8 Å². The molecular formula is C22H21BrN4O4S. The van der Waals surface area contributed by atoms with Gasteiger partial charge in [0.05, 0.1) is 0 Å². The summed E-state index contributed by atoms with van der Waals surface area (Å²) in [6, 6.07) is 12.8. The molecule has 0 aliphatic carbocycles. The van der Waals surface area contributed by atoms with Crippen molar-refractivity contribution in [2.75, 3.05) is 25.2 Å². The van der Waals surface area contributed by atoms with Gasteiger partial charge in [0.1, 0.15) is 5.01 Å². The van der Waals surface area contributed by atoms with E-state index in [0.29, 0.717) is 40.3 Å². The number of halogens is 1. The van der Waals surface area contributed by atoms with E-state index in [0.717, 1.165) is 16.5 Å². The molecule has 2 aromatic carbocycles. The standard InChI is InChI=1S/C22H21BrN4O4S/c1-2-9-27(21(29)15-4-3-5-16(23)11-15)10-8-19(28)24-22-26-25-20(32-22)14-6-7-17-18(12-14)31-13-30-17/h3-7,11-12H,2,8-10,13H2,1H3,(H,24,26,28). The van der Waals surface area contributed by atoms with Crippen LogP contribution in [0.5, 0.6) is 11.5 Å². The van der Waals surface area contributed by atoms with Crippen LogP contribution in [-0.4, -0.2) is 46.8 Å². The summed E-state index contributed by atoms with van der Waals surface area (Å²) in [6.45, 7) is 3.10. The van der Waals surface area contributed by atoms with Crippen molar-refractivity contribution in [2.45, 2.75) is 19.8 Å². The van der Waals surface area contributed by atoms with Gasteiger partial charge in [-0.15, -0.1) is 10.2 Å². The van der Waals surface area contributed by atoms with E-state index in [1.54, 1.807) is 17.0 Å². The fourth-order valence-corrected chi connectivity index (χ4v) is 4.38. The third-order valence-electron chi connectivity index (χ3n) is 4.75. The highest BCUT2D eigenvalue weighted by Crippen LogP contribution is 2.37. The molecule has 8 nitrogen and oxygen atoms in total. The van der Waals surface area contributed by atoms with Crippen molar-refractivity contribution >= 4 is 44.2 Å². The molecule has 0 fully saturated rings. The number of benzene rings is 2. The number of carbonyl (C=O) groups excluding carboxylic acids is 2. The average Bonchev–Trinajstić information content (AvgIpc) is 3.45. The Bertz CT molecular complexity index is 1140. The Labute approximate surface area is 197 Å². The molecular weight excluding hydrogens is 496 g/mol. The van der Waals surface area contributed by atoms with Crippen molar-refractivity contribution in [3.8, 4) is 22.1 Å². The summed E-state index contributed by atoms with van der Waals surface area (Å²) < 4.78 is 11.6. The Kier molecular flexibility index (Phi) is 7.01. The van der Waals surface area contributed by atoms with E-state index in [-0.39, 0.29) is 25.0 Å². The number of anilines is 1. The van der Waals surface area contributed by atoms with Crippen LogP contribution in [-0.2, 0) is 4.79 Å². The Balaban J connectivity index is 1.35. The van der Waals surface area contributed by atoms with E-state index in [4.69, 9.17) is 9.47 Å². The molecule has 0 atom stereocenters. The SMILES string of the molecule is CCCN(CCC(=O)Nc1nnc(-c2ccc3c(c2)OCO3)s1)C(=O)c1cccc(Br)c1. The molecule has 0 saturated carbocycles. The van der Waals surface area contributed by atoms with Gasteiger partial charge in [-0.3, -0.25) is 9.59 Å². The Morgan fingerprint density at radius 2 is 1.97 bits per heavy atom. The molecule has 1 N–H and O–H groups in total. The maximum Gasteiger partial charge on any atom is 0.253 e. The minimum absolute atomic E-state index is 0.0954. The number of nitrogens with one attached hydrogen (secondary N) is 1. The first-order valence-electron chi connectivity index (χ1n) is 10.1. The quantitative estimate of drug-likeness (QED) is 0.471. The second-order valence-electron chi connectivity index (χ2n) is 7.08. The largest absolute Gasteiger partial charge is 0.454 e. The van der Waals surface area contributed by atoms with Gasteiger partial charge in [-0.05, 0) is 42.8 Å². The molecule has 0 unspecified atom stereocenters. The number of aromatic nitrogens is 2. The van der Waals surface area contributed by atoms with Crippen LogP contribution < -0.4 is 14.8 Å². The lowest BCUT2D eigenvalue weighted by molar-refractivity contribution is -0.116. The van der Waals surface area contributed by atoms with E-state index in [1.807, 2.05) is 37.3 Å². The fraction of sp³-hybridized carbons (Fsp3) is 0.273. The highest BCUT2D eigenvalue weighted by molar-refractivity contribution is 9.10. The molecule has 1 aliphatic rings. The van der Waals surface area contributed by atoms with Crippen molar-refractivity contribution in [1.29, 1.82) is 0 Å². The van der Waals surface area contributed by atoms with Gasteiger partial charge in [-0.2, -0.15) is 0 Å². The molecule has 166 valence electrons. The van der Waals surface area contributed by atoms with Gasteiger partial charge in [-0.25, -0.2) is 0 Å². The van der Waals surface area contributed by atoms with E-state index < -0.39 is 0 Å². The monoisotopic (exact) mass is 516 g/mol. The minimum Gasteiger partial charge on any atom is -0.454 e. The molecule has 4 rings (SSSR count). The number of rotatable bonds is 8. The van der Waals surface area contributed by atoms with Gasteiger partial charge in [0.25, 0.3) is 5.91 Å². The molecule has 2 heterocycles. The van der Waals surface area contributed by atoms with E-state index in [2.05, 4.69) is 31.4 Å². The lowest BCUT2D eigenvalue weighted by atomic mass is 10.2. The summed E-state index contributed by atoms with van der Waals surface area (Å²) >= 11 is 4.66. The first kappa shape index (κ1) is 22.2. The van der Waals surface area contributed by atoms with Crippen LogP contribution >= 0.6 is 27.3 Å². The maximum absolute atomic E-state index is 12.8. The van der Waals surface area contributed by atoms with E-state index in [1.165, 1.54) is 11.3 Å². The summed E-state index contributed by atoms with van der Waals surface area (Å²) in [5.74, 6) is 1.04. The average molecular weight is 517 g/mol. The van der Waals surface area contributed by atoms with Gasteiger partial charge in [0, 0.05) is 35.1 Å². The van der Waals surface area contributed by atoms with Gasteiger partial charge < -0.3 is 19.7 Å². The molecule has 0 spiro atoms. The van der Waals surface area contributed by atoms with Gasteiger partial charge >= 0.3 is 0 Å². The number of amides is 2. The highest BCUT2D eigenvalue weighted by Gasteiger charge is 2.18. The first-order valence-corrected chi connectivity index (χ1v) is 11.7. The van der Waals surface area contributed by atoms with E-state index in [9.17, 15) is 9.59 Å². The predicted molar refractivity (Wildman–Crippen MR) is 125 cm³/mol. The maximum atomic E-state index is 12.8. The van der Waals surface area contributed by atoms with Crippen molar-refractivity contribution < 1.29 is 19.1 Å². The Hall–Kier alpha value is -2.98. The Morgan fingerprint density at radius 1 is 1.12 bits per heavy atom. The molecule has 10 heteroatoms. The number of carbonyl (C=O) groups is 2. The zero-order chi connectivity index (χ0) is 22.5. The van der Waals surface area contributed by atoms with E-state index >= 15 is 0 Å². The summed E-state index contributed by atoms with van der Waals surface area (Å²) in [6.07, 6.45) is 0.968. The molecule has 32 heavy (non-hydrogen) atoms. The molecule has 1 aromatic heterocycles. The second-order valence-corrected chi connectivity index (χ2v) is 8.97. The molecule has 3 aromatic rings. The van der Waals surface area contributed by atoms with Gasteiger partial charge in [0.15, 0.2) is 11.5 Å². The number of hydrogen-bond donors (Lipinski definition) is 1. The third kappa shape index (κ3) is 5.25. The van der Waals surface area contributed by atoms with Crippen molar-refractivity contribution in [2.24, 2.45) is 0 Å². The third-order valence-corrected chi connectivity index (χ3v) is 6.13. The highest BCUT2D eigenvalue weighted by atomic mass is 79.9. The van der Waals surface area contributed by atoms with Crippen LogP contribution in [0.4, 0.5) is 5.13 Å².